The van der Waals surface area contributed by atoms with Crippen LogP contribution in [0.1, 0.15) is 11.1 Å². The highest BCUT2D eigenvalue weighted by Gasteiger charge is 1.93. The Morgan fingerprint density at radius 3 is 2.15 bits per heavy atom. The molecule has 1 rings (SSSR count). The Hall–Kier alpha value is -1.12. The molecular weight excluding hydrogens is 164 g/mol. The van der Waals surface area contributed by atoms with Gasteiger partial charge in [0.2, 0.25) is 0 Å². The van der Waals surface area contributed by atoms with E-state index in [1.54, 1.807) is 6.08 Å². The van der Waals surface area contributed by atoms with E-state index in [0.29, 0.717) is 5.57 Å². The van der Waals surface area contributed by atoms with Crippen LogP contribution in [0.3, 0.4) is 0 Å². The Bertz CT molecular complexity index is 279. The molecule has 0 fully saturated rings. The molecule has 1 aromatic rings. The van der Waals surface area contributed by atoms with Gasteiger partial charge in [-0.2, -0.15) is 0 Å². The zero-order valence-corrected chi connectivity index (χ0v) is 7.70. The van der Waals surface area contributed by atoms with Gasteiger partial charge in [-0.1, -0.05) is 35.9 Å². The third kappa shape index (κ3) is 3.01. The summed E-state index contributed by atoms with van der Waals surface area (Å²) in [6.45, 7) is 1.83. The van der Waals surface area contributed by atoms with Crippen LogP contribution in [0.2, 0.25) is 0 Å². The van der Waals surface area contributed by atoms with Crippen molar-refractivity contribution >= 4 is 6.08 Å². The number of aliphatic hydroxyl groups is 2. The molecule has 0 saturated heterocycles. The molecule has 0 aromatic heterocycles. The lowest BCUT2D eigenvalue weighted by Gasteiger charge is -1.99. The molecule has 0 radical (unpaired) electrons. The molecular formula is C11H14O2. The third-order valence-electron chi connectivity index (χ3n) is 1.85. The van der Waals surface area contributed by atoms with Crippen LogP contribution in [0.15, 0.2) is 29.8 Å². The molecule has 1 aromatic carbocycles. The fourth-order valence-corrected chi connectivity index (χ4v) is 1.04. The van der Waals surface area contributed by atoms with Crippen molar-refractivity contribution in [3.63, 3.8) is 0 Å². The number of hydrogen-bond donors (Lipinski definition) is 2. The monoisotopic (exact) mass is 178 g/mol. The van der Waals surface area contributed by atoms with Crippen molar-refractivity contribution < 1.29 is 10.2 Å². The lowest BCUT2D eigenvalue weighted by atomic mass is 10.1. The zero-order valence-electron chi connectivity index (χ0n) is 7.70. The van der Waals surface area contributed by atoms with Gasteiger partial charge in [0.1, 0.15) is 0 Å². The van der Waals surface area contributed by atoms with Crippen LogP contribution in [-0.2, 0) is 0 Å². The van der Waals surface area contributed by atoms with Crippen LogP contribution in [0.4, 0.5) is 0 Å². The van der Waals surface area contributed by atoms with Gasteiger partial charge in [0, 0.05) is 0 Å². The van der Waals surface area contributed by atoms with Crippen molar-refractivity contribution in [2.75, 3.05) is 13.2 Å². The Kier molecular flexibility index (Phi) is 3.68. The topological polar surface area (TPSA) is 40.5 Å². The number of hydrogen-bond acceptors (Lipinski definition) is 2. The minimum absolute atomic E-state index is 0.0929. The van der Waals surface area contributed by atoms with E-state index in [0.717, 1.165) is 5.56 Å². The summed E-state index contributed by atoms with van der Waals surface area (Å²) in [5, 5.41) is 17.6. The Morgan fingerprint density at radius 2 is 1.69 bits per heavy atom. The smallest absolute Gasteiger partial charge is 0.0667 e. The molecule has 2 N–H and O–H groups in total. The van der Waals surface area contributed by atoms with Gasteiger partial charge >= 0.3 is 0 Å². The van der Waals surface area contributed by atoms with Gasteiger partial charge in [-0.15, -0.1) is 0 Å². The summed E-state index contributed by atoms with van der Waals surface area (Å²) in [4.78, 5) is 0. The fourth-order valence-electron chi connectivity index (χ4n) is 1.04. The molecule has 13 heavy (non-hydrogen) atoms. The highest BCUT2D eigenvalue weighted by molar-refractivity contribution is 5.53. The maximum atomic E-state index is 8.81. The number of benzene rings is 1. The van der Waals surface area contributed by atoms with Gasteiger partial charge in [0.05, 0.1) is 13.2 Å². The number of aliphatic hydroxyl groups excluding tert-OH is 2. The number of rotatable bonds is 3. The fraction of sp³-hybridized carbons (Fsp3) is 0.273. The first-order chi connectivity index (χ1) is 6.26. The van der Waals surface area contributed by atoms with Crippen molar-refractivity contribution in [2.24, 2.45) is 0 Å². The molecule has 0 amide bonds. The van der Waals surface area contributed by atoms with E-state index in [1.807, 2.05) is 31.2 Å². The summed E-state index contributed by atoms with van der Waals surface area (Å²) >= 11 is 0. The van der Waals surface area contributed by atoms with Gasteiger partial charge in [-0.25, -0.2) is 0 Å². The third-order valence-corrected chi connectivity index (χ3v) is 1.85. The average Bonchev–Trinajstić information content (AvgIpc) is 2.17. The molecule has 0 saturated carbocycles. The first-order valence-electron chi connectivity index (χ1n) is 4.24. The van der Waals surface area contributed by atoms with Gasteiger partial charge in [0.15, 0.2) is 0 Å². The number of aryl methyl sites for hydroxylation is 1. The van der Waals surface area contributed by atoms with E-state index < -0.39 is 0 Å². The second-order valence-electron chi connectivity index (χ2n) is 3.03. The molecule has 0 heterocycles. The summed E-state index contributed by atoms with van der Waals surface area (Å²) in [6.07, 6.45) is 1.79. The molecule has 2 nitrogen and oxygen atoms in total. The predicted octanol–water partition coefficient (Wildman–Crippen LogP) is 1.36. The maximum Gasteiger partial charge on any atom is 0.0667 e. The molecule has 70 valence electrons. The van der Waals surface area contributed by atoms with Crippen LogP contribution in [0.5, 0.6) is 0 Å². The van der Waals surface area contributed by atoms with Gasteiger partial charge in [-0.05, 0) is 18.1 Å². The normalized spacial score (nSPS) is 9.77. The molecule has 0 atom stereocenters. The quantitative estimate of drug-likeness (QED) is 0.733. The Labute approximate surface area is 78.2 Å². The Morgan fingerprint density at radius 1 is 1.15 bits per heavy atom. The van der Waals surface area contributed by atoms with Crippen molar-refractivity contribution in [3.05, 3.63) is 41.0 Å². The first-order valence-corrected chi connectivity index (χ1v) is 4.24. The predicted molar refractivity (Wildman–Crippen MR) is 53.3 cm³/mol. The van der Waals surface area contributed by atoms with E-state index in [2.05, 4.69) is 0 Å². The van der Waals surface area contributed by atoms with E-state index >= 15 is 0 Å². The standard InChI is InChI=1S/C11H14O2/c1-9-2-4-10(5-3-9)6-11(7-12)8-13/h2-6,12-13H,7-8H2,1H3. The van der Waals surface area contributed by atoms with Gasteiger partial charge in [-0.3, -0.25) is 0 Å². The van der Waals surface area contributed by atoms with E-state index in [9.17, 15) is 0 Å². The molecule has 2 heteroatoms. The molecule has 0 unspecified atom stereocenters. The van der Waals surface area contributed by atoms with Crippen molar-refractivity contribution in [1.29, 1.82) is 0 Å². The summed E-state index contributed by atoms with van der Waals surface area (Å²) in [6, 6.07) is 7.91. The summed E-state index contributed by atoms with van der Waals surface area (Å²) in [5.74, 6) is 0. The zero-order chi connectivity index (χ0) is 9.68. The van der Waals surface area contributed by atoms with Crippen LogP contribution in [0.25, 0.3) is 6.08 Å². The Balaban J connectivity index is 2.84. The minimum Gasteiger partial charge on any atom is -0.392 e. The van der Waals surface area contributed by atoms with Crippen molar-refractivity contribution in [1.82, 2.24) is 0 Å². The highest BCUT2D eigenvalue weighted by atomic mass is 16.3. The van der Waals surface area contributed by atoms with Gasteiger partial charge in [0.25, 0.3) is 0 Å². The second-order valence-corrected chi connectivity index (χ2v) is 3.03. The lowest BCUT2D eigenvalue weighted by molar-refractivity contribution is 0.278. The minimum atomic E-state index is -0.0929. The van der Waals surface area contributed by atoms with Crippen LogP contribution >= 0.6 is 0 Å². The SMILES string of the molecule is Cc1ccc(C=C(CO)CO)cc1. The molecule has 0 aliphatic carbocycles. The van der Waals surface area contributed by atoms with Crippen LogP contribution in [-0.4, -0.2) is 23.4 Å². The second kappa shape index (κ2) is 4.80. The molecule has 0 spiro atoms. The van der Waals surface area contributed by atoms with Gasteiger partial charge < -0.3 is 10.2 Å². The summed E-state index contributed by atoms with van der Waals surface area (Å²) in [7, 11) is 0. The first kappa shape index (κ1) is 9.96. The molecule has 0 bridgehead atoms. The van der Waals surface area contributed by atoms with E-state index in [-0.39, 0.29) is 13.2 Å². The van der Waals surface area contributed by atoms with Crippen LogP contribution in [0, 0.1) is 6.92 Å². The molecule has 0 aliphatic heterocycles. The largest absolute Gasteiger partial charge is 0.392 e. The average molecular weight is 178 g/mol. The maximum absolute atomic E-state index is 8.81. The summed E-state index contributed by atoms with van der Waals surface area (Å²) in [5.41, 5.74) is 2.83. The highest BCUT2D eigenvalue weighted by Crippen LogP contribution is 2.07. The summed E-state index contributed by atoms with van der Waals surface area (Å²) < 4.78 is 0. The molecule has 0 aliphatic rings. The van der Waals surface area contributed by atoms with Crippen LogP contribution < -0.4 is 0 Å². The lowest BCUT2D eigenvalue weighted by Crippen LogP contribution is -1.95. The van der Waals surface area contributed by atoms with Crippen molar-refractivity contribution in [2.45, 2.75) is 6.92 Å². The van der Waals surface area contributed by atoms with Crippen molar-refractivity contribution in [3.8, 4) is 0 Å². The van der Waals surface area contributed by atoms with E-state index in [1.165, 1.54) is 5.56 Å². The van der Waals surface area contributed by atoms with E-state index in [4.69, 9.17) is 10.2 Å².